The van der Waals surface area contributed by atoms with Crippen molar-refractivity contribution >= 4 is 11.6 Å². The van der Waals surface area contributed by atoms with E-state index in [9.17, 15) is 0 Å². The van der Waals surface area contributed by atoms with Crippen LogP contribution in [0, 0.1) is 11.3 Å². The van der Waals surface area contributed by atoms with Crippen LogP contribution in [0.3, 0.4) is 0 Å². The molecule has 2 rings (SSSR count). The third kappa shape index (κ3) is 2.20. The van der Waals surface area contributed by atoms with E-state index in [1.54, 1.807) is 0 Å². The van der Waals surface area contributed by atoms with Crippen molar-refractivity contribution in [2.45, 2.75) is 39.0 Å². The Morgan fingerprint density at radius 3 is 2.27 bits per heavy atom. The van der Waals surface area contributed by atoms with Crippen LogP contribution in [0.2, 0.25) is 0 Å². The number of rotatable bonds is 3. The van der Waals surface area contributed by atoms with Crippen molar-refractivity contribution < 1.29 is 0 Å². The van der Waals surface area contributed by atoms with Gasteiger partial charge in [0.05, 0.1) is 5.38 Å². The van der Waals surface area contributed by atoms with Gasteiger partial charge in [0, 0.05) is 0 Å². The second-order valence-electron chi connectivity index (χ2n) is 5.30. The summed E-state index contributed by atoms with van der Waals surface area (Å²) in [4.78, 5) is 0. The van der Waals surface area contributed by atoms with E-state index < -0.39 is 0 Å². The lowest BCUT2D eigenvalue weighted by atomic mass is 10.0. The Bertz CT molecular complexity index is 337. The molecule has 0 aliphatic heterocycles. The second kappa shape index (κ2) is 3.83. The van der Waals surface area contributed by atoms with Crippen LogP contribution < -0.4 is 0 Å². The third-order valence-electron chi connectivity index (χ3n) is 3.65. The van der Waals surface area contributed by atoms with Gasteiger partial charge in [-0.1, -0.05) is 45.0 Å². The fourth-order valence-corrected chi connectivity index (χ4v) is 2.75. The molecule has 0 aromatic heterocycles. The zero-order valence-electron chi connectivity index (χ0n) is 9.76. The van der Waals surface area contributed by atoms with E-state index in [4.69, 9.17) is 11.6 Å². The molecule has 0 bridgehead atoms. The number of hydrogen-bond donors (Lipinski definition) is 0. The second-order valence-corrected chi connectivity index (χ2v) is 5.77. The molecular formula is C14H19Cl. The Hall–Kier alpha value is -0.490. The maximum absolute atomic E-state index is 6.48. The van der Waals surface area contributed by atoms with Crippen molar-refractivity contribution in [2.24, 2.45) is 11.3 Å². The van der Waals surface area contributed by atoms with Gasteiger partial charge in [0.2, 0.25) is 0 Å². The van der Waals surface area contributed by atoms with E-state index in [0.29, 0.717) is 11.3 Å². The van der Waals surface area contributed by atoms with Crippen LogP contribution in [-0.2, 0) is 6.42 Å². The van der Waals surface area contributed by atoms with Gasteiger partial charge in [-0.15, -0.1) is 11.6 Å². The molecule has 0 N–H and O–H groups in total. The first kappa shape index (κ1) is 11.0. The minimum Gasteiger partial charge on any atom is -0.117 e. The summed E-state index contributed by atoms with van der Waals surface area (Å²) in [5.74, 6) is 0.659. The summed E-state index contributed by atoms with van der Waals surface area (Å²) in [5, 5.41) is 0.200. The Morgan fingerprint density at radius 1 is 1.33 bits per heavy atom. The first-order valence-corrected chi connectivity index (χ1v) is 6.21. The molecule has 1 aliphatic rings. The Morgan fingerprint density at radius 2 is 1.87 bits per heavy atom. The van der Waals surface area contributed by atoms with Gasteiger partial charge >= 0.3 is 0 Å². The van der Waals surface area contributed by atoms with Gasteiger partial charge in [0.25, 0.3) is 0 Å². The monoisotopic (exact) mass is 222 g/mol. The number of alkyl halides is 1. The van der Waals surface area contributed by atoms with E-state index in [-0.39, 0.29) is 5.38 Å². The molecule has 2 atom stereocenters. The topological polar surface area (TPSA) is 0 Å². The summed E-state index contributed by atoms with van der Waals surface area (Å²) < 4.78 is 0. The molecule has 0 spiro atoms. The van der Waals surface area contributed by atoms with Gasteiger partial charge in [-0.3, -0.25) is 0 Å². The van der Waals surface area contributed by atoms with Crippen LogP contribution in [0.25, 0.3) is 0 Å². The van der Waals surface area contributed by atoms with Crippen LogP contribution in [0.4, 0.5) is 0 Å². The van der Waals surface area contributed by atoms with Crippen molar-refractivity contribution in [3.63, 3.8) is 0 Å². The molecule has 0 heterocycles. The number of halogens is 1. The highest BCUT2D eigenvalue weighted by molar-refractivity contribution is 6.21. The summed E-state index contributed by atoms with van der Waals surface area (Å²) in [7, 11) is 0. The molecule has 1 fully saturated rings. The SMILES string of the molecule is CCc1ccc(C(Cl)C2CC2(C)C)cc1. The van der Waals surface area contributed by atoms with Crippen LogP contribution in [0.5, 0.6) is 0 Å². The molecule has 0 nitrogen and oxygen atoms in total. The smallest absolute Gasteiger partial charge is 0.0618 e. The summed E-state index contributed by atoms with van der Waals surface area (Å²) in [6.45, 7) is 6.78. The van der Waals surface area contributed by atoms with Crippen LogP contribution in [-0.4, -0.2) is 0 Å². The molecule has 82 valence electrons. The van der Waals surface area contributed by atoms with Gasteiger partial charge in [-0.05, 0) is 35.3 Å². The quantitative estimate of drug-likeness (QED) is 0.657. The molecule has 1 aromatic rings. The largest absolute Gasteiger partial charge is 0.117 e. The predicted molar refractivity (Wildman–Crippen MR) is 66.3 cm³/mol. The van der Waals surface area contributed by atoms with Crippen molar-refractivity contribution in [1.82, 2.24) is 0 Å². The third-order valence-corrected chi connectivity index (χ3v) is 4.21. The number of hydrogen-bond acceptors (Lipinski definition) is 0. The minimum absolute atomic E-state index is 0.200. The van der Waals surface area contributed by atoms with Crippen LogP contribution >= 0.6 is 11.6 Å². The highest BCUT2D eigenvalue weighted by atomic mass is 35.5. The zero-order valence-corrected chi connectivity index (χ0v) is 10.5. The van der Waals surface area contributed by atoms with Gasteiger partial charge in [0.1, 0.15) is 0 Å². The molecule has 1 saturated carbocycles. The molecule has 15 heavy (non-hydrogen) atoms. The summed E-state index contributed by atoms with van der Waals surface area (Å²) in [6.07, 6.45) is 2.36. The van der Waals surface area contributed by atoms with Crippen molar-refractivity contribution in [2.75, 3.05) is 0 Å². The lowest BCUT2D eigenvalue weighted by Crippen LogP contribution is -1.99. The average Bonchev–Trinajstić information content (AvgIpc) is 2.87. The molecule has 0 radical (unpaired) electrons. The standard InChI is InChI=1S/C14H19Cl/c1-4-10-5-7-11(8-6-10)13(15)12-9-14(12,2)3/h5-8,12-13H,4,9H2,1-3H3. The van der Waals surface area contributed by atoms with Gasteiger partial charge < -0.3 is 0 Å². The van der Waals surface area contributed by atoms with Crippen molar-refractivity contribution in [1.29, 1.82) is 0 Å². The fraction of sp³-hybridized carbons (Fsp3) is 0.571. The van der Waals surface area contributed by atoms with Crippen LogP contribution in [0.1, 0.15) is 43.7 Å². The first-order chi connectivity index (χ1) is 7.04. The average molecular weight is 223 g/mol. The Balaban J connectivity index is 2.10. The first-order valence-electron chi connectivity index (χ1n) is 5.77. The van der Waals surface area contributed by atoms with E-state index in [1.807, 2.05) is 0 Å². The highest BCUT2D eigenvalue weighted by Gasteiger charge is 2.49. The molecule has 2 unspecified atom stereocenters. The normalized spacial score (nSPS) is 24.9. The van der Waals surface area contributed by atoms with Crippen molar-refractivity contribution in [3.8, 4) is 0 Å². The van der Waals surface area contributed by atoms with Crippen LogP contribution in [0.15, 0.2) is 24.3 Å². The van der Waals surface area contributed by atoms with Gasteiger partial charge in [-0.25, -0.2) is 0 Å². The molecule has 1 aliphatic carbocycles. The Labute approximate surface area is 97.6 Å². The lowest BCUT2D eigenvalue weighted by Gasteiger charge is -2.12. The van der Waals surface area contributed by atoms with E-state index in [2.05, 4.69) is 45.0 Å². The van der Waals surface area contributed by atoms with E-state index in [0.717, 1.165) is 6.42 Å². The predicted octanol–water partition coefficient (Wildman–Crippen LogP) is 4.58. The maximum atomic E-state index is 6.48. The molecule has 0 saturated heterocycles. The van der Waals surface area contributed by atoms with E-state index in [1.165, 1.54) is 17.5 Å². The molecule has 1 aromatic carbocycles. The van der Waals surface area contributed by atoms with Gasteiger partial charge in [0.15, 0.2) is 0 Å². The Kier molecular flexibility index (Phi) is 2.81. The molecule has 1 heteroatoms. The number of benzene rings is 1. The lowest BCUT2D eigenvalue weighted by molar-refractivity contribution is 0.548. The fourth-order valence-electron chi connectivity index (χ4n) is 2.18. The van der Waals surface area contributed by atoms with Crippen molar-refractivity contribution in [3.05, 3.63) is 35.4 Å². The summed E-state index contributed by atoms with van der Waals surface area (Å²) in [5.41, 5.74) is 3.12. The molecular weight excluding hydrogens is 204 g/mol. The molecule has 0 amide bonds. The summed E-state index contributed by atoms with van der Waals surface area (Å²) in [6, 6.07) is 8.76. The number of aryl methyl sites for hydroxylation is 1. The summed E-state index contributed by atoms with van der Waals surface area (Å²) >= 11 is 6.48. The maximum Gasteiger partial charge on any atom is 0.0618 e. The zero-order chi connectivity index (χ0) is 11.1. The highest BCUT2D eigenvalue weighted by Crippen LogP contribution is 2.59. The minimum atomic E-state index is 0.200. The van der Waals surface area contributed by atoms with Gasteiger partial charge in [-0.2, -0.15) is 0 Å². The van der Waals surface area contributed by atoms with E-state index >= 15 is 0 Å².